The molecule has 0 radical (unpaired) electrons. The lowest BCUT2D eigenvalue weighted by atomic mass is 9.67. The van der Waals surface area contributed by atoms with Gasteiger partial charge in [-0.05, 0) is 38.1 Å². The Morgan fingerprint density at radius 3 is 2.75 bits per heavy atom. The number of ketones is 1. The molecule has 3 atom stereocenters. The Bertz CT molecular complexity index is 272. The summed E-state index contributed by atoms with van der Waals surface area (Å²) >= 11 is 0. The first-order valence-electron chi connectivity index (χ1n) is 6.78. The number of piperidine rings is 1. The summed E-state index contributed by atoms with van der Waals surface area (Å²) in [5, 5.41) is 3.57. The maximum Gasteiger partial charge on any atom is 0.143 e. The largest absolute Gasteiger partial charge is 0.313 e. The Kier molecular flexibility index (Phi) is 3.39. The molecule has 3 unspecified atom stereocenters. The second-order valence-corrected chi connectivity index (χ2v) is 6.44. The van der Waals surface area contributed by atoms with Crippen molar-refractivity contribution in [3.05, 3.63) is 0 Å². The summed E-state index contributed by atoms with van der Waals surface area (Å²) in [4.78, 5) is 12.4. The fraction of sp³-hybridized carbons (Fsp3) is 0.929. The van der Waals surface area contributed by atoms with Crippen LogP contribution in [-0.2, 0) is 4.79 Å². The van der Waals surface area contributed by atoms with Crippen LogP contribution in [0.3, 0.4) is 0 Å². The van der Waals surface area contributed by atoms with E-state index in [4.69, 9.17) is 0 Å². The smallest absolute Gasteiger partial charge is 0.143 e. The van der Waals surface area contributed by atoms with Gasteiger partial charge in [0.25, 0.3) is 0 Å². The lowest BCUT2D eigenvalue weighted by Gasteiger charge is -2.40. The number of rotatable bonds is 1. The van der Waals surface area contributed by atoms with E-state index < -0.39 is 0 Å². The summed E-state index contributed by atoms with van der Waals surface area (Å²) in [5.41, 5.74) is -0.0781. The number of carbonyl (C=O) groups excluding carboxylic acids is 1. The van der Waals surface area contributed by atoms with Crippen molar-refractivity contribution in [3.8, 4) is 0 Å². The number of carbonyl (C=O) groups is 1. The van der Waals surface area contributed by atoms with E-state index in [2.05, 4.69) is 26.1 Å². The molecule has 2 aliphatic rings. The summed E-state index contributed by atoms with van der Waals surface area (Å²) < 4.78 is 0. The van der Waals surface area contributed by atoms with Gasteiger partial charge in [-0.15, -0.1) is 0 Å². The molecule has 2 rings (SSSR count). The van der Waals surface area contributed by atoms with Gasteiger partial charge in [0.05, 0.1) is 0 Å². The van der Waals surface area contributed by atoms with Gasteiger partial charge in [0.15, 0.2) is 0 Å². The maximum atomic E-state index is 12.4. The lowest BCUT2D eigenvalue weighted by molar-refractivity contribution is -0.135. The molecule has 0 bridgehead atoms. The number of Topliss-reactive ketones (excluding diaryl/α,β-unsaturated/α-hetero) is 1. The van der Waals surface area contributed by atoms with Gasteiger partial charge in [0, 0.05) is 17.4 Å². The molecule has 1 saturated carbocycles. The Morgan fingerprint density at radius 1 is 1.31 bits per heavy atom. The lowest BCUT2D eigenvalue weighted by Crippen LogP contribution is -2.49. The molecule has 1 saturated heterocycles. The zero-order chi connectivity index (χ0) is 11.8. The highest BCUT2D eigenvalue weighted by Crippen LogP contribution is 2.38. The minimum atomic E-state index is -0.0781. The Balaban J connectivity index is 2.05. The average molecular weight is 223 g/mol. The quantitative estimate of drug-likeness (QED) is 0.740. The van der Waals surface area contributed by atoms with E-state index in [0.717, 1.165) is 25.3 Å². The van der Waals surface area contributed by atoms with Gasteiger partial charge in [-0.1, -0.05) is 27.2 Å². The van der Waals surface area contributed by atoms with Crippen molar-refractivity contribution >= 4 is 5.78 Å². The van der Waals surface area contributed by atoms with Gasteiger partial charge < -0.3 is 5.32 Å². The molecule has 0 aromatic carbocycles. The van der Waals surface area contributed by atoms with Gasteiger partial charge >= 0.3 is 0 Å². The molecule has 2 fully saturated rings. The molecule has 2 nitrogen and oxygen atoms in total. The van der Waals surface area contributed by atoms with Gasteiger partial charge in [0.1, 0.15) is 5.78 Å². The molecule has 1 heterocycles. The van der Waals surface area contributed by atoms with E-state index in [0.29, 0.717) is 11.8 Å². The first kappa shape index (κ1) is 12.1. The maximum absolute atomic E-state index is 12.4. The van der Waals surface area contributed by atoms with E-state index in [1.165, 1.54) is 19.3 Å². The van der Waals surface area contributed by atoms with Crippen LogP contribution in [0.15, 0.2) is 0 Å². The molecule has 0 amide bonds. The van der Waals surface area contributed by atoms with Crippen molar-refractivity contribution in [3.63, 3.8) is 0 Å². The van der Waals surface area contributed by atoms with Crippen molar-refractivity contribution in [2.75, 3.05) is 6.54 Å². The van der Waals surface area contributed by atoms with E-state index in [1.54, 1.807) is 0 Å². The molecule has 0 spiro atoms. The molecule has 0 aromatic rings. The van der Waals surface area contributed by atoms with Crippen molar-refractivity contribution in [2.45, 2.75) is 58.9 Å². The monoisotopic (exact) mass is 223 g/mol. The van der Waals surface area contributed by atoms with E-state index in [-0.39, 0.29) is 11.3 Å². The molecule has 2 heteroatoms. The summed E-state index contributed by atoms with van der Waals surface area (Å²) in [6.45, 7) is 7.64. The van der Waals surface area contributed by atoms with Gasteiger partial charge in [0.2, 0.25) is 0 Å². The summed E-state index contributed by atoms with van der Waals surface area (Å²) in [5.74, 6) is 1.57. The second kappa shape index (κ2) is 4.48. The summed E-state index contributed by atoms with van der Waals surface area (Å²) in [7, 11) is 0. The number of nitrogens with one attached hydrogen (secondary N) is 1. The van der Waals surface area contributed by atoms with Crippen LogP contribution in [0.4, 0.5) is 0 Å². The van der Waals surface area contributed by atoms with Crippen LogP contribution in [0.1, 0.15) is 52.9 Å². The fourth-order valence-corrected chi connectivity index (χ4v) is 3.36. The van der Waals surface area contributed by atoms with Crippen LogP contribution in [0.25, 0.3) is 0 Å². The standard InChI is InChI=1S/C14H25NO/c1-10-6-8-15-12(9-10)11-5-4-7-14(2,3)13(11)16/h10-12,15H,4-9H2,1-3H3. The first-order valence-corrected chi connectivity index (χ1v) is 6.78. The van der Waals surface area contributed by atoms with Crippen molar-refractivity contribution in [1.82, 2.24) is 5.32 Å². The van der Waals surface area contributed by atoms with Crippen molar-refractivity contribution in [2.24, 2.45) is 17.3 Å². The number of hydrogen-bond donors (Lipinski definition) is 1. The van der Waals surface area contributed by atoms with Crippen LogP contribution >= 0.6 is 0 Å². The predicted molar refractivity (Wildman–Crippen MR) is 66.3 cm³/mol. The molecule has 16 heavy (non-hydrogen) atoms. The molecular formula is C14H25NO. The second-order valence-electron chi connectivity index (χ2n) is 6.44. The van der Waals surface area contributed by atoms with Crippen LogP contribution in [0.2, 0.25) is 0 Å². The SMILES string of the molecule is CC1CCNC(C2CCCC(C)(C)C2=O)C1. The Labute approximate surface area is 99.2 Å². The highest BCUT2D eigenvalue weighted by molar-refractivity contribution is 5.87. The van der Waals surface area contributed by atoms with Crippen LogP contribution in [0.5, 0.6) is 0 Å². The van der Waals surface area contributed by atoms with Crippen LogP contribution < -0.4 is 5.32 Å². The van der Waals surface area contributed by atoms with Gasteiger partial charge in [-0.2, -0.15) is 0 Å². The van der Waals surface area contributed by atoms with Crippen molar-refractivity contribution < 1.29 is 4.79 Å². The zero-order valence-electron chi connectivity index (χ0n) is 10.9. The van der Waals surface area contributed by atoms with Crippen LogP contribution in [0, 0.1) is 17.3 Å². The molecule has 0 aromatic heterocycles. The Hall–Kier alpha value is -0.370. The fourth-order valence-electron chi connectivity index (χ4n) is 3.36. The van der Waals surface area contributed by atoms with E-state index >= 15 is 0 Å². The minimum absolute atomic E-state index is 0.0781. The molecule has 1 aliphatic carbocycles. The van der Waals surface area contributed by atoms with Crippen molar-refractivity contribution in [1.29, 1.82) is 0 Å². The molecule has 1 N–H and O–H groups in total. The topological polar surface area (TPSA) is 29.1 Å². The summed E-state index contributed by atoms with van der Waals surface area (Å²) in [6, 6.07) is 0.454. The third kappa shape index (κ3) is 2.32. The minimum Gasteiger partial charge on any atom is -0.313 e. The molecular weight excluding hydrogens is 198 g/mol. The third-order valence-corrected chi connectivity index (χ3v) is 4.51. The highest BCUT2D eigenvalue weighted by Gasteiger charge is 2.41. The number of hydrogen-bond acceptors (Lipinski definition) is 2. The van der Waals surface area contributed by atoms with E-state index in [9.17, 15) is 4.79 Å². The van der Waals surface area contributed by atoms with Crippen LogP contribution in [-0.4, -0.2) is 18.4 Å². The predicted octanol–water partition coefficient (Wildman–Crippen LogP) is 2.77. The molecule has 1 aliphatic heterocycles. The van der Waals surface area contributed by atoms with E-state index in [1.807, 2.05) is 0 Å². The third-order valence-electron chi connectivity index (χ3n) is 4.51. The van der Waals surface area contributed by atoms with Gasteiger partial charge in [-0.25, -0.2) is 0 Å². The first-order chi connectivity index (χ1) is 7.50. The summed E-state index contributed by atoms with van der Waals surface area (Å²) in [6.07, 6.45) is 5.85. The van der Waals surface area contributed by atoms with Gasteiger partial charge in [-0.3, -0.25) is 4.79 Å². The highest BCUT2D eigenvalue weighted by atomic mass is 16.1. The normalized spacial score (nSPS) is 39.7. The molecule has 92 valence electrons. The Morgan fingerprint density at radius 2 is 2.06 bits per heavy atom. The average Bonchev–Trinajstić information content (AvgIpc) is 2.22. The zero-order valence-corrected chi connectivity index (χ0v) is 10.9.